The van der Waals surface area contributed by atoms with Crippen molar-refractivity contribution in [3.63, 3.8) is 0 Å². The van der Waals surface area contributed by atoms with E-state index in [-0.39, 0.29) is 23.1 Å². The lowest BCUT2D eigenvalue weighted by atomic mass is 9.82. The lowest BCUT2D eigenvalue weighted by Crippen LogP contribution is -2.41. The number of nitrogens with zero attached hydrogens (tertiary/aromatic N) is 2. The standard InChI is InChI=1S/C19H20F2N4O4S/c1-3-30(27,28)24-14-6-4-5-13(11-14)19(16(26)25(2)18(22)23-19)12-7-9-15(10-8-12)29-17(20)21/h4-11,17,24H,3H2,1-2H3,(H2,22,23). The summed E-state index contributed by atoms with van der Waals surface area (Å²) >= 11 is 0. The van der Waals surface area contributed by atoms with Crippen LogP contribution in [0.1, 0.15) is 18.1 Å². The van der Waals surface area contributed by atoms with Crippen LogP contribution in [0.5, 0.6) is 5.75 Å². The van der Waals surface area contributed by atoms with E-state index in [0.717, 1.165) is 0 Å². The van der Waals surface area contributed by atoms with Gasteiger partial charge in [-0.25, -0.2) is 13.4 Å². The van der Waals surface area contributed by atoms with Gasteiger partial charge in [0, 0.05) is 12.7 Å². The molecule has 1 aliphatic rings. The molecule has 2 aromatic carbocycles. The van der Waals surface area contributed by atoms with E-state index < -0.39 is 28.1 Å². The zero-order valence-electron chi connectivity index (χ0n) is 16.2. The number of benzene rings is 2. The summed E-state index contributed by atoms with van der Waals surface area (Å²) in [5, 5.41) is 0. The Labute approximate surface area is 172 Å². The van der Waals surface area contributed by atoms with E-state index in [2.05, 4.69) is 14.5 Å². The van der Waals surface area contributed by atoms with Crippen LogP contribution in [0.15, 0.2) is 53.5 Å². The maximum atomic E-state index is 13.2. The molecule has 1 amide bonds. The molecule has 1 heterocycles. The van der Waals surface area contributed by atoms with Gasteiger partial charge in [0.2, 0.25) is 10.0 Å². The number of rotatable bonds is 7. The number of aliphatic imine (C=N–C) groups is 1. The number of anilines is 1. The second-order valence-electron chi connectivity index (χ2n) is 6.53. The third-order valence-electron chi connectivity index (χ3n) is 4.67. The summed E-state index contributed by atoms with van der Waals surface area (Å²) in [6, 6.07) is 11.7. The number of hydrogen-bond donors (Lipinski definition) is 2. The molecule has 1 unspecified atom stereocenters. The third kappa shape index (κ3) is 3.92. The number of sulfonamides is 1. The highest BCUT2D eigenvalue weighted by Gasteiger charge is 2.49. The fourth-order valence-corrected chi connectivity index (χ4v) is 3.75. The van der Waals surface area contributed by atoms with Gasteiger partial charge in [0.25, 0.3) is 5.91 Å². The van der Waals surface area contributed by atoms with Crippen LogP contribution in [0.4, 0.5) is 14.5 Å². The second kappa shape index (κ2) is 7.90. The maximum absolute atomic E-state index is 13.2. The summed E-state index contributed by atoms with van der Waals surface area (Å²) in [5.41, 5.74) is 5.26. The zero-order valence-corrected chi connectivity index (χ0v) is 17.0. The van der Waals surface area contributed by atoms with Crippen molar-refractivity contribution in [2.45, 2.75) is 19.1 Å². The fourth-order valence-electron chi connectivity index (χ4n) is 3.12. The summed E-state index contributed by atoms with van der Waals surface area (Å²) in [5.74, 6) is -0.713. The second-order valence-corrected chi connectivity index (χ2v) is 8.54. The molecule has 3 rings (SSSR count). The van der Waals surface area contributed by atoms with Gasteiger partial charge < -0.3 is 10.5 Å². The molecule has 0 bridgehead atoms. The largest absolute Gasteiger partial charge is 0.435 e. The number of ether oxygens (including phenoxy) is 1. The molecule has 0 saturated heterocycles. The van der Waals surface area contributed by atoms with Gasteiger partial charge in [0.15, 0.2) is 11.5 Å². The summed E-state index contributed by atoms with van der Waals surface area (Å²) in [6.07, 6.45) is 0. The Balaban J connectivity index is 2.13. The first-order chi connectivity index (χ1) is 14.1. The summed E-state index contributed by atoms with van der Waals surface area (Å²) in [7, 11) is -2.08. The average Bonchev–Trinajstić information content (AvgIpc) is 2.93. The molecule has 3 N–H and O–H groups in total. The van der Waals surface area contributed by atoms with Gasteiger partial charge in [-0.3, -0.25) is 14.4 Å². The maximum Gasteiger partial charge on any atom is 0.387 e. The highest BCUT2D eigenvalue weighted by Crippen LogP contribution is 2.40. The number of guanidine groups is 1. The van der Waals surface area contributed by atoms with Crippen molar-refractivity contribution in [2.24, 2.45) is 10.7 Å². The molecule has 0 aliphatic carbocycles. The van der Waals surface area contributed by atoms with Gasteiger partial charge in [0.1, 0.15) is 5.75 Å². The highest BCUT2D eigenvalue weighted by molar-refractivity contribution is 7.92. The topological polar surface area (TPSA) is 114 Å². The smallest absolute Gasteiger partial charge is 0.387 e. The van der Waals surface area contributed by atoms with E-state index in [1.165, 1.54) is 49.2 Å². The number of amides is 1. The lowest BCUT2D eigenvalue weighted by Gasteiger charge is -2.26. The molecule has 2 aromatic rings. The van der Waals surface area contributed by atoms with E-state index in [4.69, 9.17) is 5.73 Å². The van der Waals surface area contributed by atoms with Crippen molar-refractivity contribution < 1.29 is 26.7 Å². The number of hydrogen-bond acceptors (Lipinski definition) is 6. The van der Waals surface area contributed by atoms with Gasteiger partial charge >= 0.3 is 6.61 Å². The number of nitrogens with two attached hydrogens (primary N) is 1. The first kappa shape index (κ1) is 21.5. The molecule has 0 saturated carbocycles. The van der Waals surface area contributed by atoms with Gasteiger partial charge in [0.05, 0.1) is 5.75 Å². The van der Waals surface area contributed by atoms with Crippen molar-refractivity contribution in [3.05, 3.63) is 59.7 Å². The van der Waals surface area contributed by atoms with Crippen LogP contribution < -0.4 is 15.2 Å². The summed E-state index contributed by atoms with van der Waals surface area (Å²) in [4.78, 5) is 18.7. The number of nitrogens with one attached hydrogen (secondary N) is 1. The normalized spacial score (nSPS) is 19.2. The molecular weight excluding hydrogens is 418 g/mol. The number of carbonyl (C=O) groups excluding carboxylic acids is 1. The van der Waals surface area contributed by atoms with Crippen LogP contribution in [0, 0.1) is 0 Å². The Kier molecular flexibility index (Phi) is 5.66. The van der Waals surface area contributed by atoms with Crippen molar-refractivity contribution in [3.8, 4) is 5.75 Å². The third-order valence-corrected chi connectivity index (χ3v) is 5.98. The van der Waals surface area contributed by atoms with E-state index in [1.807, 2.05) is 0 Å². The van der Waals surface area contributed by atoms with Crippen molar-refractivity contribution in [2.75, 3.05) is 17.5 Å². The van der Waals surface area contributed by atoms with E-state index in [0.29, 0.717) is 11.1 Å². The molecule has 1 aliphatic heterocycles. The van der Waals surface area contributed by atoms with Crippen molar-refractivity contribution in [1.82, 2.24) is 4.90 Å². The zero-order chi connectivity index (χ0) is 22.1. The Hall–Kier alpha value is -3.21. The van der Waals surface area contributed by atoms with Gasteiger partial charge in [-0.05, 0) is 42.3 Å². The molecule has 0 fully saturated rings. The number of alkyl halides is 2. The Morgan fingerprint density at radius 3 is 2.40 bits per heavy atom. The lowest BCUT2D eigenvalue weighted by molar-refractivity contribution is -0.129. The van der Waals surface area contributed by atoms with Gasteiger partial charge in [-0.2, -0.15) is 8.78 Å². The van der Waals surface area contributed by atoms with Crippen LogP contribution in [-0.4, -0.2) is 44.6 Å². The predicted octanol–water partition coefficient (Wildman–Crippen LogP) is 2.08. The SMILES string of the molecule is CCS(=O)(=O)Nc1cccc(C2(c3ccc(OC(F)F)cc3)N=C(N)N(C)C2=O)c1. The fraction of sp³-hybridized carbons (Fsp3) is 0.263. The molecular formula is C19H20F2N4O4S. The molecule has 30 heavy (non-hydrogen) atoms. The van der Waals surface area contributed by atoms with Crippen molar-refractivity contribution >= 4 is 27.6 Å². The Morgan fingerprint density at radius 2 is 1.87 bits per heavy atom. The molecule has 1 atom stereocenters. The van der Waals surface area contributed by atoms with Crippen LogP contribution in [0.25, 0.3) is 0 Å². The summed E-state index contributed by atoms with van der Waals surface area (Å²) < 4.78 is 55.6. The van der Waals surface area contributed by atoms with E-state index in [9.17, 15) is 22.0 Å². The van der Waals surface area contributed by atoms with Crippen LogP contribution in [0.2, 0.25) is 0 Å². The molecule has 160 valence electrons. The van der Waals surface area contributed by atoms with E-state index >= 15 is 0 Å². The first-order valence-corrected chi connectivity index (χ1v) is 10.5. The van der Waals surface area contributed by atoms with Crippen LogP contribution in [-0.2, 0) is 20.4 Å². The highest BCUT2D eigenvalue weighted by atomic mass is 32.2. The Bertz CT molecular complexity index is 1090. The molecule has 8 nitrogen and oxygen atoms in total. The molecule has 0 spiro atoms. The number of halogens is 2. The average molecular weight is 438 g/mol. The quantitative estimate of drug-likeness (QED) is 0.687. The van der Waals surface area contributed by atoms with Gasteiger partial charge in [-0.15, -0.1) is 0 Å². The van der Waals surface area contributed by atoms with E-state index in [1.54, 1.807) is 18.2 Å². The molecule has 11 heteroatoms. The van der Waals surface area contributed by atoms with Crippen LogP contribution in [0.3, 0.4) is 0 Å². The summed E-state index contributed by atoms with van der Waals surface area (Å²) in [6.45, 7) is -1.49. The Morgan fingerprint density at radius 1 is 1.20 bits per heavy atom. The molecule has 0 radical (unpaired) electrons. The minimum atomic E-state index is -3.54. The number of likely N-dealkylation sites (N-methyl/N-ethyl adjacent to an activating group) is 1. The molecule has 0 aromatic heterocycles. The minimum Gasteiger partial charge on any atom is -0.435 e. The first-order valence-electron chi connectivity index (χ1n) is 8.89. The number of carbonyl (C=O) groups is 1. The predicted molar refractivity (Wildman–Crippen MR) is 108 cm³/mol. The van der Waals surface area contributed by atoms with Crippen LogP contribution >= 0.6 is 0 Å². The van der Waals surface area contributed by atoms with Crippen molar-refractivity contribution in [1.29, 1.82) is 0 Å². The monoisotopic (exact) mass is 438 g/mol. The van der Waals surface area contributed by atoms with Gasteiger partial charge in [-0.1, -0.05) is 24.3 Å². The minimum absolute atomic E-state index is 0.0348.